The molecule has 5 heteroatoms. The lowest BCUT2D eigenvalue weighted by Gasteiger charge is -2.28. The molecule has 0 saturated carbocycles. The first-order valence-electron chi connectivity index (χ1n) is 7.36. The Morgan fingerprint density at radius 3 is 2.76 bits per heavy atom. The van der Waals surface area contributed by atoms with E-state index >= 15 is 0 Å². The first-order chi connectivity index (χ1) is 9.56. The third-order valence-electron chi connectivity index (χ3n) is 3.45. The van der Waals surface area contributed by atoms with Crippen LogP contribution in [0.5, 0.6) is 0 Å². The van der Waals surface area contributed by atoms with Gasteiger partial charge in [-0.05, 0) is 38.4 Å². The van der Waals surface area contributed by atoms with Crippen LogP contribution in [0.3, 0.4) is 0 Å². The molecular formula is C16H25ClN2OS. The molecule has 1 aromatic carbocycles. The number of rotatable bonds is 4. The number of thioether (sulfide) groups is 1. The van der Waals surface area contributed by atoms with E-state index in [2.05, 4.69) is 31.4 Å². The summed E-state index contributed by atoms with van der Waals surface area (Å²) in [5.41, 5.74) is 0.803. The third-order valence-corrected chi connectivity index (χ3v) is 4.53. The maximum absolute atomic E-state index is 12.5. The molecule has 3 nitrogen and oxygen atoms in total. The van der Waals surface area contributed by atoms with Crippen molar-refractivity contribution in [1.29, 1.82) is 0 Å². The number of halogens is 1. The highest BCUT2D eigenvalue weighted by Gasteiger charge is 2.21. The molecule has 2 atom stereocenters. The summed E-state index contributed by atoms with van der Waals surface area (Å²) in [6.07, 6.45) is 2.01. The Kier molecular flexibility index (Phi) is 7.57. The van der Waals surface area contributed by atoms with Crippen LogP contribution in [0, 0.1) is 0 Å². The van der Waals surface area contributed by atoms with Crippen LogP contribution in [-0.2, 0) is 0 Å². The van der Waals surface area contributed by atoms with Crippen LogP contribution < -0.4 is 10.6 Å². The lowest BCUT2D eigenvalue weighted by atomic mass is 10.0. The quantitative estimate of drug-likeness (QED) is 0.831. The summed E-state index contributed by atoms with van der Waals surface area (Å²) in [4.78, 5) is 13.5. The number of carbonyl (C=O) groups is 1. The van der Waals surface area contributed by atoms with Gasteiger partial charge in [0, 0.05) is 22.2 Å². The molecule has 21 heavy (non-hydrogen) atoms. The van der Waals surface area contributed by atoms with E-state index in [4.69, 9.17) is 0 Å². The normalized spacial score (nSPS) is 21.7. The first kappa shape index (κ1) is 18.3. The van der Waals surface area contributed by atoms with Crippen molar-refractivity contribution >= 4 is 30.1 Å². The summed E-state index contributed by atoms with van der Waals surface area (Å²) in [7, 11) is 0. The molecular weight excluding hydrogens is 304 g/mol. The van der Waals surface area contributed by atoms with Gasteiger partial charge in [0.2, 0.25) is 0 Å². The summed E-state index contributed by atoms with van der Waals surface area (Å²) < 4.78 is 0. The van der Waals surface area contributed by atoms with Gasteiger partial charge in [0.05, 0.1) is 5.56 Å². The Morgan fingerprint density at radius 1 is 1.38 bits per heavy atom. The van der Waals surface area contributed by atoms with Crippen molar-refractivity contribution in [3.8, 4) is 0 Å². The van der Waals surface area contributed by atoms with Crippen molar-refractivity contribution in [2.45, 2.75) is 55.8 Å². The number of hydrogen-bond acceptors (Lipinski definition) is 3. The third kappa shape index (κ3) is 5.53. The second-order valence-corrected chi connectivity index (χ2v) is 7.33. The fourth-order valence-electron chi connectivity index (χ4n) is 2.54. The fourth-order valence-corrected chi connectivity index (χ4v) is 3.49. The average molecular weight is 329 g/mol. The summed E-state index contributed by atoms with van der Waals surface area (Å²) in [5, 5.41) is 7.07. The molecule has 2 unspecified atom stereocenters. The molecule has 1 aliphatic heterocycles. The highest BCUT2D eigenvalue weighted by atomic mass is 35.5. The van der Waals surface area contributed by atoms with Gasteiger partial charge in [-0.3, -0.25) is 4.79 Å². The monoisotopic (exact) mass is 328 g/mol. The number of benzene rings is 1. The van der Waals surface area contributed by atoms with E-state index in [9.17, 15) is 4.79 Å². The fraction of sp³-hybridized carbons (Fsp3) is 0.562. The van der Waals surface area contributed by atoms with E-state index in [0.717, 1.165) is 29.8 Å². The molecule has 1 saturated heterocycles. The van der Waals surface area contributed by atoms with Crippen molar-refractivity contribution in [2.75, 3.05) is 6.54 Å². The van der Waals surface area contributed by atoms with Gasteiger partial charge in [-0.1, -0.05) is 26.0 Å². The maximum atomic E-state index is 12.5. The summed E-state index contributed by atoms with van der Waals surface area (Å²) in [6, 6.07) is 8.65. The smallest absolute Gasteiger partial charge is 0.252 e. The number of nitrogens with one attached hydrogen (secondary N) is 2. The van der Waals surface area contributed by atoms with Crippen molar-refractivity contribution in [1.82, 2.24) is 10.6 Å². The van der Waals surface area contributed by atoms with E-state index in [0.29, 0.717) is 11.3 Å². The van der Waals surface area contributed by atoms with Gasteiger partial charge in [0.1, 0.15) is 0 Å². The molecule has 0 aliphatic carbocycles. The molecule has 1 aliphatic rings. The predicted octanol–water partition coefficient (Wildman–Crippen LogP) is 3.48. The Balaban J connectivity index is 0.00000220. The molecule has 1 amide bonds. The van der Waals surface area contributed by atoms with Gasteiger partial charge in [-0.15, -0.1) is 24.2 Å². The number of hydrogen-bond donors (Lipinski definition) is 2. The topological polar surface area (TPSA) is 41.1 Å². The van der Waals surface area contributed by atoms with Crippen LogP contribution in [0.1, 0.15) is 44.0 Å². The second-order valence-electron chi connectivity index (χ2n) is 5.71. The molecule has 118 valence electrons. The molecule has 1 aromatic rings. The largest absolute Gasteiger partial charge is 0.349 e. The highest BCUT2D eigenvalue weighted by molar-refractivity contribution is 8.00. The zero-order chi connectivity index (χ0) is 14.5. The summed E-state index contributed by atoms with van der Waals surface area (Å²) in [5.74, 6) is 0.0628. The van der Waals surface area contributed by atoms with Crippen molar-refractivity contribution < 1.29 is 4.79 Å². The Hall–Kier alpha value is -0.710. The van der Waals surface area contributed by atoms with Gasteiger partial charge < -0.3 is 10.6 Å². The molecule has 0 aromatic heterocycles. The molecule has 0 spiro atoms. The van der Waals surface area contributed by atoms with Crippen LogP contribution >= 0.6 is 24.2 Å². The van der Waals surface area contributed by atoms with Crippen LogP contribution in [0.25, 0.3) is 0 Å². The van der Waals surface area contributed by atoms with E-state index in [1.807, 2.05) is 24.3 Å². The van der Waals surface area contributed by atoms with Crippen molar-refractivity contribution in [2.24, 2.45) is 0 Å². The Morgan fingerprint density at radius 2 is 2.10 bits per heavy atom. The van der Waals surface area contributed by atoms with Crippen molar-refractivity contribution in [3.63, 3.8) is 0 Å². The standard InChI is InChI=1S/C16H24N2OS.ClH/c1-11(2)20-15-7-5-4-6-14(15)16(19)18-13-8-9-17-12(3)10-13;/h4-7,11-13,17H,8-10H2,1-3H3,(H,18,19);1H. The van der Waals surface area contributed by atoms with E-state index < -0.39 is 0 Å². The van der Waals surface area contributed by atoms with Crippen LogP contribution in [0.4, 0.5) is 0 Å². The maximum Gasteiger partial charge on any atom is 0.252 e. The molecule has 2 N–H and O–H groups in total. The number of piperidine rings is 1. The molecule has 0 bridgehead atoms. The van der Waals surface area contributed by atoms with Gasteiger partial charge >= 0.3 is 0 Å². The lowest BCUT2D eigenvalue weighted by Crippen LogP contribution is -2.46. The lowest BCUT2D eigenvalue weighted by molar-refractivity contribution is 0.0922. The van der Waals surface area contributed by atoms with Crippen molar-refractivity contribution in [3.05, 3.63) is 29.8 Å². The van der Waals surface area contributed by atoms with Crippen LogP contribution in [0.2, 0.25) is 0 Å². The van der Waals surface area contributed by atoms with E-state index in [1.165, 1.54) is 0 Å². The minimum Gasteiger partial charge on any atom is -0.349 e. The second kappa shape index (κ2) is 8.66. The first-order valence-corrected chi connectivity index (χ1v) is 8.24. The average Bonchev–Trinajstić information content (AvgIpc) is 2.38. The summed E-state index contributed by atoms with van der Waals surface area (Å²) in [6.45, 7) is 7.44. The zero-order valence-corrected chi connectivity index (χ0v) is 14.5. The SMILES string of the molecule is CC1CC(NC(=O)c2ccccc2SC(C)C)CCN1.Cl. The molecule has 1 heterocycles. The summed E-state index contributed by atoms with van der Waals surface area (Å²) >= 11 is 1.74. The number of carbonyl (C=O) groups excluding carboxylic acids is 1. The zero-order valence-electron chi connectivity index (χ0n) is 12.9. The molecule has 1 fully saturated rings. The Labute approximate surface area is 138 Å². The molecule has 2 rings (SSSR count). The van der Waals surface area contributed by atoms with E-state index in [-0.39, 0.29) is 24.4 Å². The van der Waals surface area contributed by atoms with Crippen LogP contribution in [0.15, 0.2) is 29.2 Å². The number of amides is 1. The predicted molar refractivity (Wildman–Crippen MR) is 92.6 cm³/mol. The highest BCUT2D eigenvalue weighted by Crippen LogP contribution is 2.26. The van der Waals surface area contributed by atoms with Gasteiger partial charge in [-0.25, -0.2) is 0 Å². The van der Waals surface area contributed by atoms with Gasteiger partial charge in [0.15, 0.2) is 0 Å². The van der Waals surface area contributed by atoms with E-state index in [1.54, 1.807) is 11.8 Å². The minimum atomic E-state index is 0. The van der Waals surface area contributed by atoms with Crippen LogP contribution in [-0.4, -0.2) is 29.8 Å². The van der Waals surface area contributed by atoms with Gasteiger partial charge in [-0.2, -0.15) is 0 Å². The Bertz CT molecular complexity index is 467. The van der Waals surface area contributed by atoms with Gasteiger partial charge in [0.25, 0.3) is 5.91 Å². The minimum absolute atomic E-state index is 0. The molecule has 0 radical (unpaired) electrons.